The van der Waals surface area contributed by atoms with E-state index in [2.05, 4.69) is 5.32 Å². The predicted octanol–water partition coefficient (Wildman–Crippen LogP) is 0.770. The number of rotatable bonds is 5. The van der Waals surface area contributed by atoms with E-state index in [1.807, 2.05) is 13.8 Å². The van der Waals surface area contributed by atoms with Gasteiger partial charge in [-0.25, -0.2) is 0 Å². The summed E-state index contributed by atoms with van der Waals surface area (Å²) in [6.45, 7) is 7.70. The highest BCUT2D eigenvalue weighted by Gasteiger charge is 2.27. The molecule has 0 radical (unpaired) electrons. The molecule has 1 aliphatic rings. The van der Waals surface area contributed by atoms with Crippen LogP contribution in [0.15, 0.2) is 0 Å². The number of aliphatic hydroxyl groups excluding tert-OH is 1. The van der Waals surface area contributed by atoms with Crippen LogP contribution >= 0.6 is 0 Å². The fraction of sp³-hybridized carbons (Fsp3) is 0.857. The van der Waals surface area contributed by atoms with E-state index in [4.69, 9.17) is 5.11 Å². The second kappa shape index (κ2) is 6.89. The van der Waals surface area contributed by atoms with Gasteiger partial charge < -0.3 is 15.3 Å². The normalized spacial score (nSPS) is 17.4. The van der Waals surface area contributed by atoms with Crippen molar-refractivity contribution in [2.24, 2.45) is 11.3 Å². The van der Waals surface area contributed by atoms with E-state index in [0.29, 0.717) is 26.1 Å². The Kier molecular flexibility index (Phi) is 5.79. The first-order valence-corrected chi connectivity index (χ1v) is 7.00. The lowest BCUT2D eigenvalue weighted by Gasteiger charge is -2.31. The number of carbonyl (C=O) groups is 2. The molecular formula is C14H26N2O3. The third-order valence-corrected chi connectivity index (χ3v) is 3.84. The summed E-state index contributed by atoms with van der Waals surface area (Å²) in [5, 5.41) is 11.9. The van der Waals surface area contributed by atoms with Crippen LogP contribution in [0.2, 0.25) is 0 Å². The summed E-state index contributed by atoms with van der Waals surface area (Å²) >= 11 is 0. The highest BCUT2D eigenvalue weighted by Crippen LogP contribution is 2.20. The summed E-state index contributed by atoms with van der Waals surface area (Å²) in [7, 11) is 0. The third-order valence-electron chi connectivity index (χ3n) is 3.84. The number of likely N-dealkylation sites (tertiary alicyclic amines) is 1. The topological polar surface area (TPSA) is 69.6 Å². The number of amides is 2. The number of carbonyl (C=O) groups excluding carboxylic acids is 2. The molecule has 0 saturated carbocycles. The molecule has 2 N–H and O–H groups in total. The lowest BCUT2D eigenvalue weighted by molar-refractivity contribution is -0.134. The molecule has 0 unspecified atom stereocenters. The van der Waals surface area contributed by atoms with Crippen LogP contribution in [-0.2, 0) is 9.59 Å². The van der Waals surface area contributed by atoms with Crippen molar-refractivity contribution in [3.8, 4) is 0 Å². The van der Waals surface area contributed by atoms with Crippen LogP contribution in [0, 0.1) is 11.3 Å². The minimum Gasteiger partial charge on any atom is -0.396 e. The van der Waals surface area contributed by atoms with Gasteiger partial charge in [-0.15, -0.1) is 0 Å². The van der Waals surface area contributed by atoms with Gasteiger partial charge in [-0.05, 0) is 24.7 Å². The number of aliphatic hydroxyl groups is 1. The molecule has 0 aliphatic carbocycles. The Morgan fingerprint density at radius 1 is 1.32 bits per heavy atom. The first-order valence-electron chi connectivity index (χ1n) is 7.00. The molecule has 1 aliphatic heterocycles. The molecule has 1 rings (SSSR count). The van der Waals surface area contributed by atoms with Gasteiger partial charge in [0.05, 0.1) is 0 Å². The SMILES string of the molecule is CC(=O)N1CCC(C(=O)NCC(C)(C)CCO)CC1. The molecule has 0 aromatic carbocycles. The molecule has 0 bridgehead atoms. The van der Waals surface area contributed by atoms with Crippen molar-refractivity contribution in [3.05, 3.63) is 0 Å². The minimum absolute atomic E-state index is 0.0144. The zero-order chi connectivity index (χ0) is 14.5. The molecule has 0 atom stereocenters. The number of nitrogens with one attached hydrogen (secondary N) is 1. The number of piperidine rings is 1. The largest absolute Gasteiger partial charge is 0.396 e. The van der Waals surface area contributed by atoms with Crippen molar-refractivity contribution in [2.75, 3.05) is 26.2 Å². The van der Waals surface area contributed by atoms with E-state index in [9.17, 15) is 9.59 Å². The molecule has 1 saturated heterocycles. The van der Waals surface area contributed by atoms with Gasteiger partial charge in [0, 0.05) is 39.1 Å². The van der Waals surface area contributed by atoms with E-state index in [-0.39, 0.29) is 29.8 Å². The smallest absolute Gasteiger partial charge is 0.223 e. The van der Waals surface area contributed by atoms with Gasteiger partial charge >= 0.3 is 0 Å². The maximum atomic E-state index is 12.0. The van der Waals surface area contributed by atoms with E-state index in [1.54, 1.807) is 11.8 Å². The zero-order valence-electron chi connectivity index (χ0n) is 12.2. The highest BCUT2D eigenvalue weighted by molar-refractivity contribution is 5.79. The Morgan fingerprint density at radius 2 is 1.89 bits per heavy atom. The summed E-state index contributed by atoms with van der Waals surface area (Å²) in [5.74, 6) is 0.178. The molecule has 0 spiro atoms. The predicted molar refractivity (Wildman–Crippen MR) is 73.5 cm³/mol. The van der Waals surface area contributed by atoms with Gasteiger partial charge in [0.1, 0.15) is 0 Å². The van der Waals surface area contributed by atoms with E-state index in [1.165, 1.54) is 0 Å². The Hall–Kier alpha value is -1.10. The van der Waals surface area contributed by atoms with Gasteiger partial charge in [-0.1, -0.05) is 13.8 Å². The van der Waals surface area contributed by atoms with Gasteiger partial charge in [0.15, 0.2) is 0 Å². The monoisotopic (exact) mass is 270 g/mol. The van der Waals surface area contributed by atoms with Crippen LogP contribution in [-0.4, -0.2) is 48.1 Å². The number of nitrogens with zero attached hydrogens (tertiary/aromatic N) is 1. The molecule has 110 valence electrons. The Labute approximate surface area is 115 Å². The van der Waals surface area contributed by atoms with Crippen molar-refractivity contribution in [3.63, 3.8) is 0 Å². The van der Waals surface area contributed by atoms with Crippen molar-refractivity contribution in [1.82, 2.24) is 10.2 Å². The molecule has 19 heavy (non-hydrogen) atoms. The Balaban J connectivity index is 2.34. The molecule has 5 nitrogen and oxygen atoms in total. The first-order chi connectivity index (χ1) is 8.85. The maximum absolute atomic E-state index is 12.0. The molecule has 2 amide bonds. The second-order valence-electron chi connectivity index (χ2n) is 6.14. The first kappa shape index (κ1) is 16.0. The van der Waals surface area contributed by atoms with Crippen molar-refractivity contribution < 1.29 is 14.7 Å². The van der Waals surface area contributed by atoms with E-state index in [0.717, 1.165) is 12.8 Å². The average Bonchev–Trinajstić information content (AvgIpc) is 2.36. The lowest BCUT2D eigenvalue weighted by atomic mass is 9.89. The van der Waals surface area contributed by atoms with E-state index >= 15 is 0 Å². The quantitative estimate of drug-likeness (QED) is 0.775. The zero-order valence-corrected chi connectivity index (χ0v) is 12.2. The summed E-state index contributed by atoms with van der Waals surface area (Å²) in [6.07, 6.45) is 2.16. The van der Waals surface area contributed by atoms with Crippen LogP contribution in [0.1, 0.15) is 40.0 Å². The third kappa shape index (κ3) is 5.19. The Morgan fingerprint density at radius 3 is 2.37 bits per heavy atom. The maximum Gasteiger partial charge on any atom is 0.223 e. The average molecular weight is 270 g/mol. The summed E-state index contributed by atoms with van der Waals surface area (Å²) in [4.78, 5) is 25.0. The summed E-state index contributed by atoms with van der Waals surface area (Å²) < 4.78 is 0. The van der Waals surface area contributed by atoms with Crippen LogP contribution in [0.4, 0.5) is 0 Å². The van der Waals surface area contributed by atoms with Crippen LogP contribution < -0.4 is 5.32 Å². The summed E-state index contributed by atoms with van der Waals surface area (Å²) in [6, 6.07) is 0. The standard InChI is InChI=1S/C14H26N2O3/c1-11(18)16-7-4-12(5-8-16)13(19)15-10-14(2,3)6-9-17/h12,17H,4-10H2,1-3H3,(H,15,19). The molecule has 0 aromatic heterocycles. The Bertz CT molecular complexity index is 321. The second-order valence-corrected chi connectivity index (χ2v) is 6.14. The van der Waals surface area contributed by atoms with Gasteiger partial charge in [-0.3, -0.25) is 9.59 Å². The van der Waals surface area contributed by atoms with E-state index < -0.39 is 0 Å². The van der Waals surface area contributed by atoms with Crippen LogP contribution in [0.5, 0.6) is 0 Å². The van der Waals surface area contributed by atoms with Gasteiger partial charge in [-0.2, -0.15) is 0 Å². The minimum atomic E-state index is -0.0789. The highest BCUT2D eigenvalue weighted by atomic mass is 16.3. The fourth-order valence-corrected chi connectivity index (χ4v) is 2.32. The van der Waals surface area contributed by atoms with Gasteiger partial charge in [0.2, 0.25) is 11.8 Å². The van der Waals surface area contributed by atoms with Gasteiger partial charge in [0.25, 0.3) is 0 Å². The van der Waals surface area contributed by atoms with Crippen molar-refractivity contribution in [1.29, 1.82) is 0 Å². The molecule has 5 heteroatoms. The number of hydrogen-bond acceptors (Lipinski definition) is 3. The summed E-state index contributed by atoms with van der Waals surface area (Å²) in [5.41, 5.74) is -0.0789. The molecule has 1 heterocycles. The van der Waals surface area contributed by atoms with Crippen LogP contribution in [0.25, 0.3) is 0 Å². The fourth-order valence-electron chi connectivity index (χ4n) is 2.32. The van der Waals surface area contributed by atoms with Crippen molar-refractivity contribution in [2.45, 2.75) is 40.0 Å². The van der Waals surface area contributed by atoms with Crippen LogP contribution in [0.3, 0.4) is 0 Å². The lowest BCUT2D eigenvalue weighted by Crippen LogP contribution is -2.44. The molecule has 0 aromatic rings. The molecule has 1 fully saturated rings. The van der Waals surface area contributed by atoms with Crippen molar-refractivity contribution >= 4 is 11.8 Å². The number of hydrogen-bond donors (Lipinski definition) is 2. The molecular weight excluding hydrogens is 244 g/mol.